The van der Waals surface area contributed by atoms with Gasteiger partial charge in [0.25, 0.3) is 0 Å². The first-order valence-electron chi connectivity index (χ1n) is 6.22. The Morgan fingerprint density at radius 3 is 2.53 bits per heavy atom. The Hall–Kier alpha value is -0.800. The van der Waals surface area contributed by atoms with Gasteiger partial charge in [-0.05, 0) is 51.2 Å². The number of benzene rings is 2. The normalized spacial score (nSPS) is 12.2. The third-order valence-corrected chi connectivity index (χ3v) is 4.82. The van der Waals surface area contributed by atoms with Crippen molar-refractivity contribution < 1.29 is 4.74 Å². The molecule has 0 heterocycles. The maximum atomic E-state index is 5.27. The maximum absolute atomic E-state index is 5.27. The van der Waals surface area contributed by atoms with Crippen molar-refractivity contribution in [1.82, 2.24) is 0 Å². The molecule has 0 radical (unpaired) electrons. The Kier molecular flexibility index (Phi) is 5.06. The second-order valence-electron chi connectivity index (χ2n) is 4.31. The lowest BCUT2D eigenvalue weighted by atomic mass is 9.98. The van der Waals surface area contributed by atoms with E-state index in [9.17, 15) is 0 Å². The largest absolute Gasteiger partial charge is 0.496 e. The lowest BCUT2D eigenvalue weighted by Crippen LogP contribution is -1.98. The summed E-state index contributed by atoms with van der Waals surface area (Å²) in [6.07, 6.45) is 1.04. The molecule has 0 amide bonds. The van der Waals surface area contributed by atoms with Crippen LogP contribution in [0.3, 0.4) is 0 Å². The van der Waals surface area contributed by atoms with Gasteiger partial charge < -0.3 is 4.74 Å². The SMILES string of the molecule is CCc1ccccc1C(Br)c1ccc(OC)c(Br)c1. The minimum atomic E-state index is 0.200. The second kappa shape index (κ2) is 6.58. The molecule has 1 atom stereocenters. The van der Waals surface area contributed by atoms with Crippen molar-refractivity contribution in [2.45, 2.75) is 18.2 Å². The summed E-state index contributed by atoms with van der Waals surface area (Å²) in [5.41, 5.74) is 3.91. The number of ether oxygens (including phenoxy) is 1. The first-order chi connectivity index (χ1) is 9.17. The molecule has 2 aromatic rings. The Morgan fingerprint density at radius 2 is 1.89 bits per heavy atom. The van der Waals surface area contributed by atoms with Crippen molar-refractivity contribution in [3.05, 3.63) is 63.6 Å². The van der Waals surface area contributed by atoms with E-state index in [1.54, 1.807) is 7.11 Å². The predicted molar refractivity (Wildman–Crippen MR) is 87.3 cm³/mol. The van der Waals surface area contributed by atoms with Crippen LogP contribution in [0.1, 0.15) is 28.4 Å². The lowest BCUT2D eigenvalue weighted by molar-refractivity contribution is 0.412. The number of rotatable bonds is 4. The average molecular weight is 384 g/mol. The van der Waals surface area contributed by atoms with Crippen LogP contribution in [0.5, 0.6) is 5.75 Å². The van der Waals surface area contributed by atoms with Crippen LogP contribution in [-0.2, 0) is 6.42 Å². The summed E-state index contributed by atoms with van der Waals surface area (Å²) in [5.74, 6) is 0.854. The molecule has 0 aliphatic carbocycles. The van der Waals surface area contributed by atoms with Gasteiger partial charge in [0.1, 0.15) is 5.75 Å². The molecule has 0 bridgehead atoms. The molecule has 0 spiro atoms. The third-order valence-electron chi connectivity index (χ3n) is 3.18. The van der Waals surface area contributed by atoms with Crippen molar-refractivity contribution >= 4 is 31.9 Å². The third kappa shape index (κ3) is 3.21. The van der Waals surface area contributed by atoms with Gasteiger partial charge in [-0.1, -0.05) is 53.2 Å². The zero-order chi connectivity index (χ0) is 13.8. The van der Waals surface area contributed by atoms with Gasteiger partial charge >= 0.3 is 0 Å². The molecular formula is C16H16Br2O. The maximum Gasteiger partial charge on any atom is 0.133 e. The molecular weight excluding hydrogens is 368 g/mol. The van der Waals surface area contributed by atoms with Gasteiger partial charge in [-0.15, -0.1) is 0 Å². The fraction of sp³-hybridized carbons (Fsp3) is 0.250. The zero-order valence-corrected chi connectivity index (χ0v) is 14.2. The summed E-state index contributed by atoms with van der Waals surface area (Å²) in [6, 6.07) is 14.7. The highest BCUT2D eigenvalue weighted by molar-refractivity contribution is 9.10. The van der Waals surface area contributed by atoms with Crippen LogP contribution < -0.4 is 4.74 Å². The van der Waals surface area contributed by atoms with Gasteiger partial charge in [-0.3, -0.25) is 0 Å². The van der Waals surface area contributed by atoms with Crippen LogP contribution in [0.2, 0.25) is 0 Å². The van der Waals surface area contributed by atoms with Crippen LogP contribution in [0.25, 0.3) is 0 Å². The fourth-order valence-corrected chi connectivity index (χ4v) is 3.41. The van der Waals surface area contributed by atoms with Crippen LogP contribution >= 0.6 is 31.9 Å². The summed E-state index contributed by atoms with van der Waals surface area (Å²) in [5, 5.41) is 0. The Bertz CT molecular complexity index is 566. The average Bonchev–Trinajstić information content (AvgIpc) is 2.46. The minimum Gasteiger partial charge on any atom is -0.496 e. The molecule has 19 heavy (non-hydrogen) atoms. The van der Waals surface area contributed by atoms with E-state index in [-0.39, 0.29) is 4.83 Å². The molecule has 0 aliphatic heterocycles. The van der Waals surface area contributed by atoms with Crippen molar-refractivity contribution in [3.8, 4) is 5.75 Å². The van der Waals surface area contributed by atoms with E-state index in [1.807, 2.05) is 6.07 Å². The van der Waals surface area contributed by atoms with Crippen LogP contribution in [-0.4, -0.2) is 7.11 Å². The van der Waals surface area contributed by atoms with Gasteiger partial charge in [0.15, 0.2) is 0 Å². The molecule has 0 N–H and O–H groups in total. The second-order valence-corrected chi connectivity index (χ2v) is 6.08. The Morgan fingerprint density at radius 1 is 1.16 bits per heavy atom. The molecule has 3 heteroatoms. The summed E-state index contributed by atoms with van der Waals surface area (Å²) in [6.45, 7) is 2.18. The Balaban J connectivity index is 2.38. The Labute approximate surface area is 131 Å². The quantitative estimate of drug-likeness (QED) is 0.633. The number of hydrogen-bond acceptors (Lipinski definition) is 1. The van der Waals surface area contributed by atoms with Gasteiger partial charge in [-0.2, -0.15) is 0 Å². The molecule has 100 valence electrons. The first-order valence-corrected chi connectivity index (χ1v) is 7.93. The molecule has 0 aliphatic rings. The van der Waals surface area contributed by atoms with Gasteiger partial charge in [0, 0.05) is 0 Å². The molecule has 2 aromatic carbocycles. The number of aryl methyl sites for hydroxylation is 1. The fourth-order valence-electron chi connectivity index (χ4n) is 2.12. The topological polar surface area (TPSA) is 9.23 Å². The van der Waals surface area contributed by atoms with E-state index in [1.165, 1.54) is 16.7 Å². The molecule has 1 nitrogen and oxygen atoms in total. The van der Waals surface area contributed by atoms with Gasteiger partial charge in [0.05, 0.1) is 16.4 Å². The van der Waals surface area contributed by atoms with Crippen LogP contribution in [0, 0.1) is 0 Å². The van der Waals surface area contributed by atoms with E-state index in [0.29, 0.717) is 0 Å². The highest BCUT2D eigenvalue weighted by Crippen LogP contribution is 2.36. The lowest BCUT2D eigenvalue weighted by Gasteiger charge is -2.16. The first kappa shape index (κ1) is 14.6. The van der Waals surface area contributed by atoms with Crippen molar-refractivity contribution in [1.29, 1.82) is 0 Å². The van der Waals surface area contributed by atoms with Gasteiger partial charge in [-0.25, -0.2) is 0 Å². The highest BCUT2D eigenvalue weighted by atomic mass is 79.9. The summed E-state index contributed by atoms with van der Waals surface area (Å²) in [7, 11) is 1.68. The molecule has 0 aromatic heterocycles. The van der Waals surface area contributed by atoms with Crippen LogP contribution in [0.15, 0.2) is 46.9 Å². The van der Waals surface area contributed by atoms with Crippen molar-refractivity contribution in [3.63, 3.8) is 0 Å². The predicted octanol–water partition coefficient (Wildman–Crippen LogP) is 5.50. The summed E-state index contributed by atoms with van der Waals surface area (Å²) < 4.78 is 6.25. The van der Waals surface area contributed by atoms with Crippen LogP contribution in [0.4, 0.5) is 0 Å². The number of alkyl halides is 1. The molecule has 2 rings (SSSR count). The van der Waals surface area contributed by atoms with Crippen molar-refractivity contribution in [2.75, 3.05) is 7.11 Å². The molecule has 1 unspecified atom stereocenters. The molecule has 0 fully saturated rings. The zero-order valence-electron chi connectivity index (χ0n) is 11.0. The number of hydrogen-bond donors (Lipinski definition) is 0. The van der Waals surface area contributed by atoms with E-state index in [0.717, 1.165) is 16.6 Å². The smallest absolute Gasteiger partial charge is 0.133 e. The monoisotopic (exact) mass is 382 g/mol. The number of methoxy groups -OCH3 is 1. The van der Waals surface area contributed by atoms with Gasteiger partial charge in [0.2, 0.25) is 0 Å². The number of halogens is 2. The van der Waals surface area contributed by atoms with Crippen molar-refractivity contribution in [2.24, 2.45) is 0 Å². The molecule has 0 saturated heterocycles. The van der Waals surface area contributed by atoms with E-state index in [4.69, 9.17) is 4.74 Å². The summed E-state index contributed by atoms with van der Waals surface area (Å²) >= 11 is 7.34. The standard InChI is InChI=1S/C16H16Br2O/c1-3-11-6-4-5-7-13(11)16(18)12-8-9-15(19-2)14(17)10-12/h4-10,16H,3H2,1-2H3. The highest BCUT2D eigenvalue weighted by Gasteiger charge is 2.14. The van der Waals surface area contributed by atoms with E-state index < -0.39 is 0 Å². The minimum absolute atomic E-state index is 0.200. The molecule has 0 saturated carbocycles. The van der Waals surface area contributed by atoms with E-state index >= 15 is 0 Å². The van der Waals surface area contributed by atoms with E-state index in [2.05, 4.69) is 75.2 Å². The summed E-state index contributed by atoms with van der Waals surface area (Å²) in [4.78, 5) is 0.200.